The van der Waals surface area contributed by atoms with E-state index in [-0.39, 0.29) is 25.7 Å². The van der Waals surface area contributed by atoms with Crippen LogP contribution in [0.2, 0.25) is 0 Å². The molecule has 0 amide bonds. The number of phosphoric acid groups is 2. The van der Waals surface area contributed by atoms with Gasteiger partial charge in [-0.25, -0.2) is 9.13 Å². The molecule has 17 nitrogen and oxygen atoms in total. The first-order valence-corrected chi connectivity index (χ1v) is 43.7. The van der Waals surface area contributed by atoms with Crippen LogP contribution in [0, 0.1) is 17.8 Å². The highest BCUT2D eigenvalue weighted by Crippen LogP contribution is 2.45. The van der Waals surface area contributed by atoms with E-state index in [1.54, 1.807) is 0 Å². The topological polar surface area (TPSA) is 237 Å². The van der Waals surface area contributed by atoms with Crippen molar-refractivity contribution in [2.75, 3.05) is 39.6 Å². The average molecular weight is 1450 g/mol. The Balaban J connectivity index is 5.28. The molecule has 3 unspecified atom stereocenters. The Morgan fingerprint density at radius 1 is 0.333 bits per heavy atom. The molecule has 0 aliphatic carbocycles. The van der Waals surface area contributed by atoms with E-state index in [1.807, 2.05) is 0 Å². The highest BCUT2D eigenvalue weighted by molar-refractivity contribution is 7.47. The van der Waals surface area contributed by atoms with Gasteiger partial charge in [0.25, 0.3) is 0 Å². The van der Waals surface area contributed by atoms with Gasteiger partial charge in [0.1, 0.15) is 19.3 Å². The van der Waals surface area contributed by atoms with Crippen molar-refractivity contribution in [1.29, 1.82) is 0 Å². The molecule has 0 bridgehead atoms. The molecule has 0 radical (unpaired) electrons. The lowest BCUT2D eigenvalue weighted by molar-refractivity contribution is -0.161. The molecule has 0 heterocycles. The summed E-state index contributed by atoms with van der Waals surface area (Å²) in [5.41, 5.74) is 0. The Labute approximate surface area is 605 Å². The fraction of sp³-hybridized carbons (Fsp3) is 0.900. The second-order valence-electron chi connectivity index (χ2n) is 29.3. The summed E-state index contributed by atoms with van der Waals surface area (Å²) >= 11 is 0. The maximum Gasteiger partial charge on any atom is 0.472 e. The molecule has 0 aromatic carbocycles. The quantitative estimate of drug-likeness (QED) is 0.0169. The van der Waals surface area contributed by atoms with Crippen molar-refractivity contribution in [2.45, 2.75) is 407 Å². The van der Waals surface area contributed by atoms with Crippen molar-refractivity contribution in [2.24, 2.45) is 17.8 Å². The van der Waals surface area contributed by atoms with Crippen LogP contribution in [0.3, 0.4) is 0 Å². The molecule has 6 atom stereocenters. The van der Waals surface area contributed by atoms with Crippen molar-refractivity contribution < 1.29 is 80.2 Å². The normalized spacial score (nSPS) is 14.4. The van der Waals surface area contributed by atoms with Gasteiger partial charge < -0.3 is 33.8 Å². The van der Waals surface area contributed by atoms with Gasteiger partial charge in [-0.2, -0.15) is 0 Å². The highest BCUT2D eigenvalue weighted by atomic mass is 31.2. The van der Waals surface area contributed by atoms with E-state index in [0.717, 1.165) is 133 Å². The fourth-order valence-electron chi connectivity index (χ4n) is 11.7. The Hall–Kier alpha value is -2.46. The molecule has 0 aromatic heterocycles. The van der Waals surface area contributed by atoms with Crippen molar-refractivity contribution in [3.8, 4) is 0 Å². The van der Waals surface area contributed by atoms with Crippen LogP contribution in [0.5, 0.6) is 0 Å². The lowest BCUT2D eigenvalue weighted by Crippen LogP contribution is -2.30. The number of carbonyl (C=O) groups excluding carboxylic acids is 4. The number of unbranched alkanes of at least 4 members (excludes halogenated alkanes) is 40. The van der Waals surface area contributed by atoms with E-state index >= 15 is 0 Å². The van der Waals surface area contributed by atoms with E-state index in [0.29, 0.717) is 25.7 Å². The van der Waals surface area contributed by atoms with Gasteiger partial charge in [-0.3, -0.25) is 37.3 Å². The lowest BCUT2D eigenvalue weighted by Gasteiger charge is -2.21. The predicted molar refractivity (Wildman–Crippen MR) is 404 cm³/mol. The van der Waals surface area contributed by atoms with Crippen LogP contribution in [0.15, 0.2) is 24.3 Å². The Bertz CT molecular complexity index is 2020. The number of hydrogen-bond donors (Lipinski definition) is 3. The number of esters is 4. The second-order valence-corrected chi connectivity index (χ2v) is 32.2. The molecule has 0 spiro atoms. The molecule has 0 aliphatic heterocycles. The molecular weight excluding hydrogens is 1290 g/mol. The van der Waals surface area contributed by atoms with E-state index in [4.69, 9.17) is 37.0 Å². The zero-order chi connectivity index (χ0) is 73.0. The zero-order valence-electron chi connectivity index (χ0n) is 64.4. The second kappa shape index (κ2) is 69.9. The Morgan fingerprint density at radius 2 is 0.596 bits per heavy atom. The van der Waals surface area contributed by atoms with Crippen LogP contribution in [-0.2, 0) is 65.4 Å². The molecule has 0 aromatic rings. The van der Waals surface area contributed by atoms with Crippen LogP contribution in [0.4, 0.5) is 0 Å². The third-order valence-electron chi connectivity index (χ3n) is 18.4. The summed E-state index contributed by atoms with van der Waals surface area (Å²) in [6.07, 6.45) is 60.4. The molecule has 0 saturated heterocycles. The fourth-order valence-corrected chi connectivity index (χ4v) is 13.3. The zero-order valence-corrected chi connectivity index (χ0v) is 66.2. The third kappa shape index (κ3) is 72.3. The molecule has 0 rings (SSSR count). The number of aliphatic hydroxyl groups is 1. The van der Waals surface area contributed by atoms with Gasteiger partial charge in [0.05, 0.1) is 26.4 Å². The Kier molecular flexibility index (Phi) is 68.1. The van der Waals surface area contributed by atoms with Gasteiger partial charge in [-0.05, 0) is 69.1 Å². The first-order chi connectivity index (χ1) is 47.8. The largest absolute Gasteiger partial charge is 0.472 e. The minimum atomic E-state index is -4.97. The molecule has 99 heavy (non-hydrogen) atoms. The minimum absolute atomic E-state index is 0.101. The molecule has 0 aliphatic rings. The van der Waals surface area contributed by atoms with Gasteiger partial charge in [0, 0.05) is 25.7 Å². The van der Waals surface area contributed by atoms with Gasteiger partial charge in [0.15, 0.2) is 12.2 Å². The van der Waals surface area contributed by atoms with E-state index in [2.05, 4.69) is 72.8 Å². The standard InChI is InChI=1S/C80H152O17P2/c1-8-10-11-12-13-14-15-16-18-24-29-34-39-47-54-61-77(82)90-67-75(96-79(84)63-56-49-40-35-30-25-20-17-19-22-27-32-37-44-51-58-71(3)4)69-94-98(86,87)92-65-74(81)66-93-99(88,89)95-70-76(68-91-78(83)62-55-48-43-42-46-53-60-73(7)9-2)97-80(85)64-57-50-41-36-31-26-21-23-28-33-38-45-52-59-72(5)6/h14-16,18,71-76,81H,8-13,17,19-70H2,1-7H3,(H,86,87)(H,88,89)/b15-14-,18-16-/t73?,74-,75-,76-/m1/s1. The van der Waals surface area contributed by atoms with Gasteiger partial charge in [0.2, 0.25) is 0 Å². The van der Waals surface area contributed by atoms with Crippen LogP contribution >= 0.6 is 15.6 Å². The average Bonchev–Trinajstić information content (AvgIpc) is 1.17. The number of allylic oxidation sites excluding steroid dienone is 4. The third-order valence-corrected chi connectivity index (χ3v) is 20.3. The molecule has 0 saturated carbocycles. The number of rotatable bonds is 76. The maximum absolute atomic E-state index is 13.1. The van der Waals surface area contributed by atoms with Gasteiger partial charge >= 0.3 is 39.5 Å². The molecule has 19 heteroatoms. The highest BCUT2D eigenvalue weighted by Gasteiger charge is 2.30. The van der Waals surface area contributed by atoms with Crippen LogP contribution in [0.25, 0.3) is 0 Å². The van der Waals surface area contributed by atoms with Crippen LogP contribution in [0.1, 0.15) is 389 Å². The van der Waals surface area contributed by atoms with Gasteiger partial charge in [-0.1, -0.05) is 336 Å². The lowest BCUT2D eigenvalue weighted by atomic mass is 10.00. The first kappa shape index (κ1) is 96.5. The van der Waals surface area contributed by atoms with Crippen molar-refractivity contribution in [3.63, 3.8) is 0 Å². The van der Waals surface area contributed by atoms with E-state index < -0.39 is 97.5 Å². The molecule has 3 N–H and O–H groups in total. The summed E-state index contributed by atoms with van der Waals surface area (Å²) < 4.78 is 68.6. The van der Waals surface area contributed by atoms with Crippen molar-refractivity contribution >= 4 is 39.5 Å². The minimum Gasteiger partial charge on any atom is -0.462 e. The summed E-state index contributed by atoms with van der Waals surface area (Å²) in [6, 6.07) is 0. The van der Waals surface area contributed by atoms with Crippen molar-refractivity contribution in [3.05, 3.63) is 24.3 Å². The Morgan fingerprint density at radius 3 is 0.899 bits per heavy atom. The monoisotopic (exact) mass is 1450 g/mol. The van der Waals surface area contributed by atoms with Crippen molar-refractivity contribution in [1.82, 2.24) is 0 Å². The van der Waals surface area contributed by atoms with Crippen LogP contribution in [-0.4, -0.2) is 96.7 Å². The molecule has 584 valence electrons. The SMILES string of the molecule is CCCCCC/C=C\C=C/CCCCCCCC(=O)OC[C@H](COP(=O)(O)OC[C@@H](O)COP(=O)(O)OC[C@@H](COC(=O)CCCCCCCCC(C)CC)OC(=O)CCCCCCCCCCCCCCCC(C)C)OC(=O)CCCCCCCCCCCCCCCCCC(C)C. The smallest absolute Gasteiger partial charge is 0.462 e. The summed E-state index contributed by atoms with van der Waals surface area (Å²) in [4.78, 5) is 73.0. The summed E-state index contributed by atoms with van der Waals surface area (Å²) in [5, 5.41) is 10.6. The molecule has 0 fully saturated rings. The van der Waals surface area contributed by atoms with E-state index in [1.165, 1.54) is 173 Å². The van der Waals surface area contributed by atoms with Crippen LogP contribution < -0.4 is 0 Å². The number of ether oxygens (including phenoxy) is 4. The molecular formula is C80H152O17P2. The summed E-state index contributed by atoms with van der Waals surface area (Å²) in [5.74, 6) is 0.171. The number of phosphoric ester groups is 2. The number of hydrogen-bond acceptors (Lipinski definition) is 15. The van der Waals surface area contributed by atoms with Gasteiger partial charge in [-0.15, -0.1) is 0 Å². The first-order valence-electron chi connectivity index (χ1n) is 40.7. The predicted octanol–water partition coefficient (Wildman–Crippen LogP) is 23.3. The summed E-state index contributed by atoms with van der Waals surface area (Å²) in [6.45, 7) is 11.9. The number of aliphatic hydroxyl groups excluding tert-OH is 1. The van der Waals surface area contributed by atoms with E-state index in [9.17, 15) is 43.2 Å². The maximum atomic E-state index is 13.1. The summed E-state index contributed by atoms with van der Waals surface area (Å²) in [7, 11) is -9.93. The number of carbonyl (C=O) groups is 4.